The molecule has 6 nitrogen and oxygen atoms in total. The van der Waals surface area contributed by atoms with Crippen LogP contribution in [-0.2, 0) is 21.4 Å². The molecule has 1 amide bonds. The van der Waals surface area contributed by atoms with E-state index in [9.17, 15) is 17.6 Å². The number of nitrogens with one attached hydrogen (secondary N) is 1. The van der Waals surface area contributed by atoms with Crippen molar-refractivity contribution in [1.82, 2.24) is 9.21 Å². The van der Waals surface area contributed by atoms with Gasteiger partial charge >= 0.3 is 0 Å². The Balaban J connectivity index is 1.53. The smallest absolute Gasteiger partial charge is 0.277 e. The zero-order valence-electron chi connectivity index (χ0n) is 16.8. The number of quaternary nitrogens is 1. The van der Waals surface area contributed by atoms with E-state index in [0.29, 0.717) is 26.2 Å². The second-order valence-corrected chi connectivity index (χ2v) is 9.40. The summed E-state index contributed by atoms with van der Waals surface area (Å²) >= 11 is 0. The van der Waals surface area contributed by atoms with E-state index in [1.807, 2.05) is 31.2 Å². The molecule has 0 unspecified atom stereocenters. The number of carbonyl (C=O) groups is 1. The van der Waals surface area contributed by atoms with Crippen molar-refractivity contribution >= 4 is 15.9 Å². The molecule has 2 aromatic rings. The molecule has 1 N–H and O–H groups in total. The summed E-state index contributed by atoms with van der Waals surface area (Å²) in [6.45, 7) is 4.43. The van der Waals surface area contributed by atoms with Crippen LogP contribution in [0.2, 0.25) is 0 Å². The third-order valence-electron chi connectivity index (χ3n) is 5.25. The average molecular weight is 421 g/mol. The molecule has 8 heteroatoms. The van der Waals surface area contributed by atoms with E-state index in [-0.39, 0.29) is 23.9 Å². The van der Waals surface area contributed by atoms with Crippen LogP contribution in [0.3, 0.4) is 0 Å². The number of sulfonamides is 1. The lowest BCUT2D eigenvalue weighted by atomic mass is 10.1. The van der Waals surface area contributed by atoms with Crippen molar-refractivity contribution in [2.75, 3.05) is 39.8 Å². The number of halogens is 1. The van der Waals surface area contributed by atoms with E-state index >= 15 is 0 Å². The summed E-state index contributed by atoms with van der Waals surface area (Å²) in [6.07, 6.45) is 0. The van der Waals surface area contributed by atoms with Crippen molar-refractivity contribution in [2.24, 2.45) is 0 Å². The summed E-state index contributed by atoms with van der Waals surface area (Å²) in [6, 6.07) is 13.5. The maximum atomic E-state index is 13.9. The second kappa shape index (κ2) is 9.02. The number of benzene rings is 2. The third kappa shape index (κ3) is 5.20. The molecule has 1 fully saturated rings. The zero-order valence-corrected chi connectivity index (χ0v) is 17.6. The number of likely N-dealkylation sites (N-methyl/N-ethyl adjacent to an activating group) is 1. The van der Waals surface area contributed by atoms with Gasteiger partial charge in [0.05, 0.1) is 26.2 Å². The molecule has 1 heterocycles. The van der Waals surface area contributed by atoms with Gasteiger partial charge in [-0.25, -0.2) is 12.8 Å². The Labute approximate surface area is 171 Å². The highest BCUT2D eigenvalue weighted by Crippen LogP contribution is 2.18. The first-order chi connectivity index (χ1) is 13.8. The Morgan fingerprint density at radius 1 is 1.10 bits per heavy atom. The van der Waals surface area contributed by atoms with Crippen molar-refractivity contribution in [1.29, 1.82) is 0 Å². The zero-order chi connectivity index (χ0) is 21.0. The number of piperazine rings is 1. The van der Waals surface area contributed by atoms with Gasteiger partial charge in [0.25, 0.3) is 5.91 Å². The molecule has 3 rings (SSSR count). The Kier molecular flexibility index (Phi) is 6.66. The van der Waals surface area contributed by atoms with Gasteiger partial charge < -0.3 is 9.80 Å². The number of hydrogen-bond acceptors (Lipinski definition) is 3. The van der Waals surface area contributed by atoms with E-state index in [0.717, 1.165) is 16.5 Å². The van der Waals surface area contributed by atoms with Crippen LogP contribution >= 0.6 is 0 Å². The predicted molar refractivity (Wildman–Crippen MR) is 108 cm³/mol. The van der Waals surface area contributed by atoms with Gasteiger partial charge in [0.2, 0.25) is 10.0 Å². The lowest BCUT2D eigenvalue weighted by molar-refractivity contribution is -0.896. The van der Waals surface area contributed by atoms with Gasteiger partial charge in [-0.15, -0.1) is 0 Å². The molecule has 0 aliphatic carbocycles. The molecule has 0 aromatic heterocycles. The fraction of sp³-hybridized carbons (Fsp3) is 0.381. The van der Waals surface area contributed by atoms with Crippen molar-refractivity contribution in [2.45, 2.75) is 18.4 Å². The minimum atomic E-state index is -3.86. The third-order valence-corrected chi connectivity index (χ3v) is 7.18. The Hall–Kier alpha value is -2.29. The molecule has 0 saturated carbocycles. The van der Waals surface area contributed by atoms with E-state index in [4.69, 9.17) is 0 Å². The molecule has 2 aromatic carbocycles. The highest BCUT2D eigenvalue weighted by molar-refractivity contribution is 7.89. The van der Waals surface area contributed by atoms with Crippen LogP contribution in [0, 0.1) is 12.7 Å². The van der Waals surface area contributed by atoms with E-state index < -0.39 is 15.8 Å². The van der Waals surface area contributed by atoms with Gasteiger partial charge in [-0.05, 0) is 24.6 Å². The van der Waals surface area contributed by atoms with Gasteiger partial charge in [-0.2, -0.15) is 4.31 Å². The Morgan fingerprint density at radius 2 is 1.72 bits per heavy atom. The topological polar surface area (TPSA) is 62.1 Å². The lowest BCUT2D eigenvalue weighted by Gasteiger charge is -2.32. The minimum absolute atomic E-state index is 0.0194. The molecule has 156 valence electrons. The highest BCUT2D eigenvalue weighted by atomic mass is 32.2. The van der Waals surface area contributed by atoms with Gasteiger partial charge in [-0.3, -0.25) is 4.79 Å². The molecule has 1 aliphatic heterocycles. The number of nitrogens with zero attached hydrogens (tertiary/aromatic N) is 2. The normalized spacial score (nSPS) is 16.0. The number of hydrogen-bond donors (Lipinski definition) is 1. The summed E-state index contributed by atoms with van der Waals surface area (Å²) in [5.74, 6) is -0.721. The first kappa shape index (κ1) is 21.4. The first-order valence-electron chi connectivity index (χ1n) is 9.65. The fourth-order valence-corrected chi connectivity index (χ4v) is 4.92. The van der Waals surface area contributed by atoms with Gasteiger partial charge in [0.1, 0.15) is 10.7 Å². The van der Waals surface area contributed by atoms with Gasteiger partial charge in [-0.1, -0.05) is 42.0 Å². The summed E-state index contributed by atoms with van der Waals surface area (Å²) in [5.41, 5.74) is 2.25. The molecule has 0 bridgehead atoms. The predicted octanol–water partition coefficient (Wildman–Crippen LogP) is 0.682. The first-order valence-corrected chi connectivity index (χ1v) is 11.1. The van der Waals surface area contributed by atoms with Crippen LogP contribution in [0.5, 0.6) is 0 Å². The van der Waals surface area contributed by atoms with Crippen molar-refractivity contribution in [3.8, 4) is 0 Å². The molecular formula is C21H27FN3O3S+. The molecule has 1 aliphatic rings. The van der Waals surface area contributed by atoms with Gasteiger partial charge in [0, 0.05) is 13.6 Å². The Bertz CT molecular complexity index is 955. The van der Waals surface area contributed by atoms with Crippen LogP contribution in [-0.4, -0.2) is 63.3 Å². The Morgan fingerprint density at radius 3 is 2.34 bits per heavy atom. The minimum Gasteiger partial charge on any atom is -0.337 e. The van der Waals surface area contributed by atoms with E-state index in [1.54, 1.807) is 11.9 Å². The van der Waals surface area contributed by atoms with Crippen molar-refractivity contribution < 1.29 is 22.5 Å². The van der Waals surface area contributed by atoms with Crippen LogP contribution in [0.1, 0.15) is 11.1 Å². The number of amides is 1. The standard InChI is InChI=1S/C21H26FN3O3S/c1-17-7-9-18(10-8-17)15-23(2)21(26)16-24-11-13-25(14-12-24)29(27,28)20-6-4-3-5-19(20)22/h3-10H,11-16H2,1-2H3/p+1. The fourth-order valence-electron chi connectivity index (χ4n) is 3.42. The second-order valence-electron chi connectivity index (χ2n) is 7.50. The maximum absolute atomic E-state index is 13.9. The lowest BCUT2D eigenvalue weighted by Crippen LogP contribution is -3.15. The highest BCUT2D eigenvalue weighted by Gasteiger charge is 2.33. The molecule has 1 saturated heterocycles. The van der Waals surface area contributed by atoms with Crippen LogP contribution in [0.25, 0.3) is 0 Å². The van der Waals surface area contributed by atoms with Crippen molar-refractivity contribution in [3.63, 3.8) is 0 Å². The largest absolute Gasteiger partial charge is 0.337 e. The molecule has 29 heavy (non-hydrogen) atoms. The summed E-state index contributed by atoms with van der Waals surface area (Å²) in [5, 5.41) is 0. The van der Waals surface area contributed by atoms with E-state index in [1.165, 1.54) is 28.1 Å². The number of rotatable bonds is 6. The number of carbonyl (C=O) groups excluding carboxylic acids is 1. The van der Waals surface area contributed by atoms with Crippen LogP contribution < -0.4 is 4.90 Å². The van der Waals surface area contributed by atoms with Crippen molar-refractivity contribution in [3.05, 3.63) is 65.5 Å². The van der Waals surface area contributed by atoms with Crippen LogP contribution in [0.15, 0.2) is 53.4 Å². The molecule has 0 spiro atoms. The molecule has 0 radical (unpaired) electrons. The summed E-state index contributed by atoms with van der Waals surface area (Å²) in [7, 11) is -2.08. The van der Waals surface area contributed by atoms with Gasteiger partial charge in [0.15, 0.2) is 6.54 Å². The number of aryl methyl sites for hydroxylation is 1. The maximum Gasteiger partial charge on any atom is 0.277 e. The summed E-state index contributed by atoms with van der Waals surface area (Å²) < 4.78 is 40.6. The average Bonchev–Trinajstić information content (AvgIpc) is 2.70. The van der Waals surface area contributed by atoms with Crippen LogP contribution in [0.4, 0.5) is 4.39 Å². The molecular weight excluding hydrogens is 393 g/mol. The SMILES string of the molecule is Cc1ccc(CN(C)C(=O)C[NH+]2CCN(S(=O)(=O)c3ccccc3F)CC2)cc1. The van der Waals surface area contributed by atoms with E-state index in [2.05, 4.69) is 0 Å². The monoisotopic (exact) mass is 420 g/mol. The quantitative estimate of drug-likeness (QED) is 0.748. The molecule has 0 atom stereocenters. The summed E-state index contributed by atoms with van der Waals surface area (Å²) in [4.78, 5) is 15.0.